The van der Waals surface area contributed by atoms with Crippen LogP contribution in [0.25, 0.3) is 0 Å². The van der Waals surface area contributed by atoms with Crippen LogP contribution in [-0.2, 0) is 4.79 Å². The Labute approximate surface area is 115 Å². The van der Waals surface area contributed by atoms with E-state index in [4.69, 9.17) is 4.74 Å². The van der Waals surface area contributed by atoms with Crippen molar-refractivity contribution in [3.63, 3.8) is 0 Å². The zero-order chi connectivity index (χ0) is 13.0. The second-order valence-corrected chi connectivity index (χ2v) is 5.00. The molecule has 0 aliphatic heterocycles. The Bertz CT molecular complexity index is 548. The summed E-state index contributed by atoms with van der Waals surface area (Å²) in [5.74, 6) is -0.284. The van der Waals surface area contributed by atoms with E-state index in [1.54, 1.807) is 11.6 Å². The van der Waals surface area contributed by atoms with E-state index in [0.29, 0.717) is 15.4 Å². The topological polar surface area (TPSA) is 51.2 Å². The lowest BCUT2D eigenvalue weighted by Gasteiger charge is -2.07. The SMILES string of the molecule is O=C(COc1ccc(F)cc1Br)Nc1nccs1. The summed E-state index contributed by atoms with van der Waals surface area (Å²) >= 11 is 4.47. The van der Waals surface area contributed by atoms with Gasteiger partial charge in [0.1, 0.15) is 11.6 Å². The Morgan fingerprint density at radius 1 is 1.56 bits per heavy atom. The summed E-state index contributed by atoms with van der Waals surface area (Å²) in [4.78, 5) is 15.4. The molecule has 4 nitrogen and oxygen atoms in total. The highest BCUT2D eigenvalue weighted by atomic mass is 79.9. The number of anilines is 1. The number of carbonyl (C=O) groups excluding carboxylic acids is 1. The molecule has 0 saturated carbocycles. The molecule has 1 N–H and O–H groups in total. The van der Waals surface area contributed by atoms with Crippen LogP contribution in [0.1, 0.15) is 0 Å². The Kier molecular flexibility index (Phi) is 4.27. The maximum Gasteiger partial charge on any atom is 0.264 e. The first kappa shape index (κ1) is 13.0. The summed E-state index contributed by atoms with van der Waals surface area (Å²) in [5, 5.41) is 4.85. The van der Waals surface area contributed by atoms with E-state index < -0.39 is 0 Å². The van der Waals surface area contributed by atoms with Gasteiger partial charge in [0.25, 0.3) is 5.91 Å². The zero-order valence-corrected chi connectivity index (χ0v) is 11.4. The fourth-order valence-corrected chi connectivity index (χ4v) is 2.19. The lowest BCUT2D eigenvalue weighted by Crippen LogP contribution is -2.20. The number of benzene rings is 1. The third-order valence-electron chi connectivity index (χ3n) is 1.93. The first-order valence-electron chi connectivity index (χ1n) is 4.92. The van der Waals surface area contributed by atoms with Crippen molar-refractivity contribution in [2.24, 2.45) is 0 Å². The number of nitrogens with zero attached hydrogens (tertiary/aromatic N) is 1. The van der Waals surface area contributed by atoms with Gasteiger partial charge < -0.3 is 4.74 Å². The second kappa shape index (κ2) is 5.92. The number of thiazole rings is 1. The van der Waals surface area contributed by atoms with Gasteiger partial charge in [-0.2, -0.15) is 0 Å². The molecule has 2 aromatic rings. The molecule has 1 aromatic carbocycles. The first-order valence-corrected chi connectivity index (χ1v) is 6.59. The van der Waals surface area contributed by atoms with Crippen LogP contribution >= 0.6 is 27.3 Å². The Balaban J connectivity index is 1.89. The molecule has 0 aliphatic carbocycles. The summed E-state index contributed by atoms with van der Waals surface area (Å²) in [6.07, 6.45) is 1.59. The molecule has 2 rings (SSSR count). The zero-order valence-electron chi connectivity index (χ0n) is 9.02. The van der Waals surface area contributed by atoms with Crippen LogP contribution in [0.15, 0.2) is 34.2 Å². The number of amides is 1. The van der Waals surface area contributed by atoms with Crippen molar-refractivity contribution < 1.29 is 13.9 Å². The maximum atomic E-state index is 12.8. The predicted octanol–water partition coefficient (Wildman–Crippen LogP) is 3.06. The van der Waals surface area contributed by atoms with Crippen molar-refractivity contribution in [2.45, 2.75) is 0 Å². The van der Waals surface area contributed by atoms with Crippen LogP contribution in [0.2, 0.25) is 0 Å². The molecule has 1 aromatic heterocycles. The fraction of sp³-hybridized carbons (Fsp3) is 0.0909. The average Bonchev–Trinajstić information content (AvgIpc) is 2.80. The lowest BCUT2D eigenvalue weighted by atomic mass is 10.3. The first-order chi connectivity index (χ1) is 8.65. The van der Waals surface area contributed by atoms with E-state index in [2.05, 4.69) is 26.2 Å². The monoisotopic (exact) mass is 330 g/mol. The highest BCUT2D eigenvalue weighted by molar-refractivity contribution is 9.10. The molecule has 0 aliphatic rings. The molecule has 0 bridgehead atoms. The summed E-state index contributed by atoms with van der Waals surface area (Å²) in [6.45, 7) is -0.163. The van der Waals surface area contributed by atoms with Crippen molar-refractivity contribution in [1.82, 2.24) is 4.98 Å². The summed E-state index contributed by atoms with van der Waals surface area (Å²) in [6, 6.07) is 3.99. The van der Waals surface area contributed by atoms with E-state index in [0.717, 1.165) is 0 Å². The molecular formula is C11H8BrFN2O2S. The number of hydrogen-bond acceptors (Lipinski definition) is 4. The summed E-state index contributed by atoms with van der Waals surface area (Å²) in [5.41, 5.74) is 0. The van der Waals surface area contributed by atoms with Gasteiger partial charge in [0.2, 0.25) is 0 Å². The predicted molar refractivity (Wildman–Crippen MR) is 70.3 cm³/mol. The van der Waals surface area contributed by atoms with Crippen molar-refractivity contribution in [1.29, 1.82) is 0 Å². The number of hydrogen-bond donors (Lipinski definition) is 1. The molecule has 0 fully saturated rings. The number of ether oxygens (including phenoxy) is 1. The third-order valence-corrected chi connectivity index (χ3v) is 3.24. The van der Waals surface area contributed by atoms with Gasteiger partial charge in [0.15, 0.2) is 11.7 Å². The maximum absolute atomic E-state index is 12.8. The number of halogens is 2. The second-order valence-electron chi connectivity index (χ2n) is 3.25. The Morgan fingerprint density at radius 2 is 2.39 bits per heavy atom. The minimum atomic E-state index is -0.374. The van der Waals surface area contributed by atoms with Gasteiger partial charge >= 0.3 is 0 Å². The van der Waals surface area contributed by atoms with Gasteiger partial charge in [-0.1, -0.05) is 0 Å². The minimum Gasteiger partial charge on any atom is -0.483 e. The minimum absolute atomic E-state index is 0.163. The van der Waals surface area contributed by atoms with Gasteiger partial charge in [-0.3, -0.25) is 10.1 Å². The molecule has 18 heavy (non-hydrogen) atoms. The van der Waals surface area contributed by atoms with Crippen molar-refractivity contribution in [3.8, 4) is 5.75 Å². The highest BCUT2D eigenvalue weighted by Crippen LogP contribution is 2.25. The van der Waals surface area contributed by atoms with Crippen molar-refractivity contribution >= 4 is 38.3 Å². The van der Waals surface area contributed by atoms with E-state index in [1.807, 2.05) is 0 Å². The normalized spacial score (nSPS) is 10.1. The lowest BCUT2D eigenvalue weighted by molar-refractivity contribution is -0.118. The quantitative estimate of drug-likeness (QED) is 0.937. The Morgan fingerprint density at radius 3 is 3.06 bits per heavy atom. The number of aromatic nitrogens is 1. The van der Waals surface area contributed by atoms with Gasteiger partial charge in [-0.05, 0) is 34.1 Å². The smallest absolute Gasteiger partial charge is 0.264 e. The largest absolute Gasteiger partial charge is 0.483 e. The molecule has 1 amide bonds. The number of rotatable bonds is 4. The number of nitrogens with one attached hydrogen (secondary N) is 1. The van der Waals surface area contributed by atoms with Gasteiger partial charge in [0, 0.05) is 11.6 Å². The van der Waals surface area contributed by atoms with Crippen LogP contribution in [-0.4, -0.2) is 17.5 Å². The van der Waals surface area contributed by atoms with Crippen LogP contribution in [0.4, 0.5) is 9.52 Å². The van der Waals surface area contributed by atoms with Crippen LogP contribution < -0.4 is 10.1 Å². The Hall–Kier alpha value is -1.47. The molecule has 0 spiro atoms. The van der Waals surface area contributed by atoms with Crippen molar-refractivity contribution in [3.05, 3.63) is 40.1 Å². The molecule has 1 heterocycles. The average molecular weight is 331 g/mol. The van der Waals surface area contributed by atoms with Crippen molar-refractivity contribution in [2.75, 3.05) is 11.9 Å². The van der Waals surface area contributed by atoms with Gasteiger partial charge in [-0.25, -0.2) is 9.37 Å². The van der Waals surface area contributed by atoms with Crippen LogP contribution in [0.3, 0.4) is 0 Å². The fourth-order valence-electron chi connectivity index (χ4n) is 1.18. The van der Waals surface area contributed by atoms with Gasteiger partial charge in [-0.15, -0.1) is 11.3 Å². The summed E-state index contributed by atoms with van der Waals surface area (Å²) in [7, 11) is 0. The summed E-state index contributed by atoms with van der Waals surface area (Å²) < 4.78 is 18.5. The molecule has 0 atom stereocenters. The molecule has 7 heteroatoms. The molecular weight excluding hydrogens is 323 g/mol. The third kappa shape index (κ3) is 3.51. The highest BCUT2D eigenvalue weighted by Gasteiger charge is 2.07. The molecule has 0 saturated heterocycles. The van der Waals surface area contributed by atoms with Gasteiger partial charge in [0.05, 0.1) is 4.47 Å². The van der Waals surface area contributed by atoms with E-state index in [-0.39, 0.29) is 18.3 Å². The van der Waals surface area contributed by atoms with Crippen LogP contribution in [0, 0.1) is 5.82 Å². The molecule has 94 valence electrons. The standard InChI is InChI=1S/C11H8BrFN2O2S/c12-8-5-7(13)1-2-9(8)17-6-10(16)15-11-14-3-4-18-11/h1-5H,6H2,(H,14,15,16). The van der Waals surface area contributed by atoms with E-state index in [9.17, 15) is 9.18 Å². The number of carbonyl (C=O) groups is 1. The van der Waals surface area contributed by atoms with E-state index >= 15 is 0 Å². The van der Waals surface area contributed by atoms with E-state index in [1.165, 1.54) is 29.5 Å². The van der Waals surface area contributed by atoms with Crippen LogP contribution in [0.5, 0.6) is 5.75 Å². The molecule has 0 radical (unpaired) electrons. The molecule has 0 unspecified atom stereocenters.